The lowest BCUT2D eigenvalue weighted by Crippen LogP contribution is -2.45. The molecular formula is C83H80Cl9F3N10O3. The summed E-state index contributed by atoms with van der Waals surface area (Å²) in [6.07, 6.45) is 16.0. The van der Waals surface area contributed by atoms with Crippen LogP contribution in [0.3, 0.4) is 0 Å². The zero-order valence-corrected chi connectivity index (χ0v) is 65.9. The number of hydrazine groups is 1. The van der Waals surface area contributed by atoms with E-state index < -0.39 is 17.6 Å². The predicted octanol–water partition coefficient (Wildman–Crippen LogP) is 23.0. The van der Waals surface area contributed by atoms with Crippen LogP contribution < -0.4 is 16.1 Å². The van der Waals surface area contributed by atoms with Gasteiger partial charge in [0.15, 0.2) is 17.1 Å². The average Bonchev–Trinajstić information content (AvgIpc) is 1.62. The van der Waals surface area contributed by atoms with Crippen LogP contribution in [0.4, 0.5) is 13.2 Å². The molecular weight excluding hydrogens is 1560 g/mol. The standard InChI is InChI=1S/C30H25Cl3F3N3O.C27H29Cl3N4O.C26H26Cl3N3O/c31-22-11-7-18(8-12-22)15-20-3-1-2-4-24-27(38-39(28(20)24)26-14-13-23(32)16-25(26)33)29(40)37-17-19-5-9-21(10-6-19)30(34,35)36;28-20-10-8-18(9-11-20)16-19-6-2-3-7-22-25(27(35)32-33-14-4-1-5-15-33)31-34(26(19)22)24-13-12-21(29)17-23(24)30;27-18-10-8-16(9-11-18)14-17-4-1-2-7-21-24(26(33)30-20-5-3-6-20)31-32(25(17)21)23-13-12-19(28)15-22(23)29/h5-14,16,20H,1-4,15,17H2,(H,37,40);8-13,17,19H,1-7,14-16H2,(H,32,35);8-13,15,17,20H,1-7,14H2,(H,30,33). The second-order valence-electron chi connectivity index (χ2n) is 28.4. The highest BCUT2D eigenvalue weighted by atomic mass is 35.5. The molecule has 3 atom stereocenters. The minimum Gasteiger partial charge on any atom is -0.348 e. The van der Waals surface area contributed by atoms with E-state index in [-0.39, 0.29) is 47.8 Å². The number of carbonyl (C=O) groups is 3. The maximum absolute atomic E-state index is 13.5. The largest absolute Gasteiger partial charge is 0.416 e. The molecule has 0 radical (unpaired) electrons. The molecule has 1 saturated carbocycles. The molecule has 108 heavy (non-hydrogen) atoms. The number of carbonyl (C=O) groups excluding carboxylic acids is 3. The summed E-state index contributed by atoms with van der Waals surface area (Å²) in [6, 6.07) is 44.7. The minimum absolute atomic E-state index is 0.0640. The smallest absolute Gasteiger partial charge is 0.348 e. The number of nitrogens with zero attached hydrogens (tertiary/aromatic N) is 7. The molecule has 25 heteroatoms. The van der Waals surface area contributed by atoms with Gasteiger partial charge in [0.2, 0.25) is 0 Å². The molecule has 1 saturated heterocycles. The Morgan fingerprint density at radius 3 is 1.09 bits per heavy atom. The van der Waals surface area contributed by atoms with Crippen LogP contribution in [-0.4, -0.2) is 71.2 Å². The van der Waals surface area contributed by atoms with Crippen molar-refractivity contribution >= 4 is 122 Å². The number of halogens is 12. The maximum atomic E-state index is 13.5. The number of benzene rings is 7. The van der Waals surface area contributed by atoms with Gasteiger partial charge in [-0.25, -0.2) is 19.1 Å². The van der Waals surface area contributed by atoms with E-state index in [1.54, 1.807) is 35.0 Å². The van der Waals surface area contributed by atoms with Crippen LogP contribution in [0.15, 0.2) is 152 Å². The van der Waals surface area contributed by atoms with Crippen LogP contribution in [-0.2, 0) is 51.2 Å². The van der Waals surface area contributed by atoms with E-state index in [9.17, 15) is 27.6 Å². The van der Waals surface area contributed by atoms with Crippen LogP contribution in [0.1, 0.15) is 207 Å². The fraction of sp³-hybridized carbons (Fsp3) is 0.349. The van der Waals surface area contributed by atoms with Crippen molar-refractivity contribution in [2.45, 2.75) is 171 Å². The fourth-order valence-electron chi connectivity index (χ4n) is 15.3. The summed E-state index contributed by atoms with van der Waals surface area (Å²) in [5.41, 5.74) is 15.9. The molecule has 0 spiro atoms. The second kappa shape index (κ2) is 36.0. The molecule has 13 nitrogen and oxygen atoms in total. The highest BCUT2D eigenvalue weighted by Crippen LogP contribution is 2.43. The number of aromatic nitrogens is 6. The Bertz CT molecular complexity index is 4850. The third kappa shape index (κ3) is 19.3. The Morgan fingerprint density at radius 1 is 0.389 bits per heavy atom. The summed E-state index contributed by atoms with van der Waals surface area (Å²) in [5, 5.41) is 27.8. The van der Waals surface area contributed by atoms with E-state index in [0.29, 0.717) is 64.2 Å². The van der Waals surface area contributed by atoms with Gasteiger partial charge in [-0.05, 0) is 235 Å². The summed E-state index contributed by atoms with van der Waals surface area (Å²) >= 11 is 56.7. The fourth-order valence-corrected chi connectivity index (χ4v) is 17.2. The van der Waals surface area contributed by atoms with E-state index in [0.717, 1.165) is 202 Å². The lowest BCUT2D eigenvalue weighted by Gasteiger charge is -2.26. The van der Waals surface area contributed by atoms with Crippen LogP contribution in [0, 0.1) is 0 Å². The lowest BCUT2D eigenvalue weighted by atomic mass is 9.90. The summed E-state index contributed by atoms with van der Waals surface area (Å²) < 4.78 is 44.3. The van der Waals surface area contributed by atoms with Gasteiger partial charge in [0, 0.05) is 90.3 Å². The van der Waals surface area contributed by atoms with E-state index in [1.807, 2.05) is 87.2 Å². The van der Waals surface area contributed by atoms with Gasteiger partial charge in [0.1, 0.15) is 0 Å². The first-order valence-electron chi connectivity index (χ1n) is 36.8. The summed E-state index contributed by atoms with van der Waals surface area (Å²) in [6.45, 7) is 1.81. The summed E-state index contributed by atoms with van der Waals surface area (Å²) in [5.74, 6) is -0.134. The Labute approximate surface area is 672 Å². The third-order valence-electron chi connectivity index (χ3n) is 21.0. The highest BCUT2D eigenvalue weighted by molar-refractivity contribution is 6.37. The first-order valence-corrected chi connectivity index (χ1v) is 40.2. The van der Waals surface area contributed by atoms with Crippen molar-refractivity contribution in [2.24, 2.45) is 0 Å². The van der Waals surface area contributed by atoms with Gasteiger partial charge in [0.05, 0.1) is 54.8 Å². The molecule has 4 heterocycles. The van der Waals surface area contributed by atoms with Crippen molar-refractivity contribution in [1.82, 2.24) is 50.4 Å². The van der Waals surface area contributed by atoms with Gasteiger partial charge in [-0.15, -0.1) is 0 Å². The SMILES string of the molecule is O=C(NC1CCC1)c1nn(-c2ccc(Cl)cc2Cl)c2c1CCCCC2Cc1ccc(Cl)cc1.O=C(NCc1ccc(C(F)(F)F)cc1)c1nn(-c2ccc(Cl)cc2Cl)c2c1CCCCC2Cc1ccc(Cl)cc1.O=C(NN1CCCCC1)c1nn(-c2ccc(Cl)cc2Cl)c2c1CCCCC2Cc1ccc(Cl)cc1. The number of piperidine rings is 1. The molecule has 2 fully saturated rings. The Balaban J connectivity index is 0.000000144. The van der Waals surface area contributed by atoms with Crippen molar-refractivity contribution in [3.05, 3.63) is 276 Å². The molecule has 3 unspecified atom stereocenters. The minimum atomic E-state index is -4.42. The molecule has 15 rings (SSSR count). The van der Waals surface area contributed by atoms with Crippen molar-refractivity contribution in [2.75, 3.05) is 13.1 Å². The van der Waals surface area contributed by atoms with Gasteiger partial charge in [-0.1, -0.05) is 179 Å². The van der Waals surface area contributed by atoms with Gasteiger partial charge in [-0.2, -0.15) is 28.5 Å². The number of nitrogens with one attached hydrogen (secondary N) is 3. The van der Waals surface area contributed by atoms with E-state index in [4.69, 9.17) is 120 Å². The Hall–Kier alpha value is -7.06. The average molecular weight is 1640 g/mol. The zero-order chi connectivity index (χ0) is 75.8. The van der Waals surface area contributed by atoms with Crippen molar-refractivity contribution in [3.63, 3.8) is 0 Å². The first-order chi connectivity index (χ1) is 52.1. The van der Waals surface area contributed by atoms with Crippen molar-refractivity contribution < 1.29 is 27.6 Å². The highest BCUT2D eigenvalue weighted by Gasteiger charge is 2.37. The second-order valence-corrected chi connectivity index (χ2v) is 32.3. The molecule has 10 aromatic rings. The van der Waals surface area contributed by atoms with Gasteiger partial charge in [-0.3, -0.25) is 19.8 Å². The molecule has 5 aliphatic rings. The number of alkyl halides is 3. The monoisotopic (exact) mass is 1640 g/mol. The van der Waals surface area contributed by atoms with Crippen molar-refractivity contribution in [1.29, 1.82) is 0 Å². The molecule has 4 aliphatic carbocycles. The molecule has 0 bridgehead atoms. The molecule has 564 valence electrons. The maximum Gasteiger partial charge on any atom is 0.416 e. The number of rotatable bonds is 16. The number of hydrogen-bond donors (Lipinski definition) is 3. The number of fused-ring (bicyclic) bond motifs is 3. The molecule has 3 amide bonds. The van der Waals surface area contributed by atoms with Gasteiger partial charge >= 0.3 is 6.18 Å². The normalized spacial score (nSPS) is 17.4. The van der Waals surface area contributed by atoms with E-state index in [2.05, 4.69) is 40.3 Å². The van der Waals surface area contributed by atoms with Gasteiger partial charge in [0.25, 0.3) is 17.7 Å². The molecule has 3 aromatic heterocycles. The zero-order valence-electron chi connectivity index (χ0n) is 59.1. The van der Waals surface area contributed by atoms with E-state index >= 15 is 0 Å². The quantitative estimate of drug-likeness (QED) is 0.0817. The lowest BCUT2D eigenvalue weighted by molar-refractivity contribution is -0.137. The Morgan fingerprint density at radius 2 is 0.741 bits per heavy atom. The third-order valence-corrected chi connectivity index (χ3v) is 23.3. The first kappa shape index (κ1) is 79.0. The molecule has 1 aliphatic heterocycles. The number of hydrogen-bond acceptors (Lipinski definition) is 7. The molecule has 7 aromatic carbocycles. The predicted molar refractivity (Wildman–Crippen MR) is 428 cm³/mol. The van der Waals surface area contributed by atoms with Crippen LogP contribution in [0.25, 0.3) is 17.1 Å². The number of amides is 3. The van der Waals surface area contributed by atoms with Gasteiger partial charge < -0.3 is 10.6 Å². The summed E-state index contributed by atoms with van der Waals surface area (Å²) in [7, 11) is 0. The van der Waals surface area contributed by atoms with E-state index in [1.165, 1.54) is 36.1 Å². The van der Waals surface area contributed by atoms with Crippen molar-refractivity contribution in [3.8, 4) is 17.1 Å². The Kier molecular flexibility index (Phi) is 26.3. The van der Waals surface area contributed by atoms with Crippen LogP contribution >= 0.6 is 104 Å². The topological polar surface area (TPSA) is 144 Å². The summed E-state index contributed by atoms with van der Waals surface area (Å²) in [4.78, 5) is 40.2. The van der Waals surface area contributed by atoms with Crippen LogP contribution in [0.2, 0.25) is 45.2 Å². The van der Waals surface area contributed by atoms with Crippen LogP contribution in [0.5, 0.6) is 0 Å². The molecule has 3 N–H and O–H groups in total.